The van der Waals surface area contributed by atoms with E-state index in [4.69, 9.17) is 9.47 Å². The minimum Gasteiger partial charge on any atom is -0.484 e. The van der Waals surface area contributed by atoms with E-state index in [1.165, 1.54) is 5.41 Å². The molecule has 3 atom stereocenters. The third-order valence-corrected chi connectivity index (χ3v) is 5.46. The van der Waals surface area contributed by atoms with Crippen molar-refractivity contribution in [3.63, 3.8) is 0 Å². The van der Waals surface area contributed by atoms with Crippen molar-refractivity contribution in [2.24, 2.45) is 0 Å². The predicted molar refractivity (Wildman–Crippen MR) is 107 cm³/mol. The second kappa shape index (κ2) is 8.39. The lowest BCUT2D eigenvalue weighted by atomic mass is 9.97. The second-order valence-corrected chi connectivity index (χ2v) is 8.72. The van der Waals surface area contributed by atoms with Crippen LogP contribution in [-0.4, -0.2) is 63.4 Å². The van der Waals surface area contributed by atoms with Crippen LogP contribution < -0.4 is 10.1 Å². The highest BCUT2D eigenvalue weighted by Gasteiger charge is 2.57. The molecule has 2 unspecified atom stereocenters. The van der Waals surface area contributed by atoms with Crippen LogP contribution in [0.4, 0.5) is 0 Å². The fourth-order valence-corrected chi connectivity index (χ4v) is 4.26. The molecule has 1 aromatic rings. The van der Waals surface area contributed by atoms with Crippen LogP contribution in [0, 0.1) is 0 Å². The third-order valence-electron chi connectivity index (χ3n) is 4.29. The quantitative estimate of drug-likeness (QED) is 0.505. The van der Waals surface area contributed by atoms with Crippen LogP contribution in [0.25, 0.3) is 0 Å². The highest BCUT2D eigenvalue weighted by Crippen LogP contribution is 2.40. The molecule has 9 nitrogen and oxygen atoms in total. The summed E-state index contributed by atoms with van der Waals surface area (Å²) in [6.45, 7) is 4.67. The average Bonchev–Trinajstić information content (AvgIpc) is 2.68. The number of β-lactam (4-membered cyclic amide) rings is 1. The van der Waals surface area contributed by atoms with Gasteiger partial charge in [-0.25, -0.2) is 9.59 Å². The maximum Gasteiger partial charge on any atom is 0.334 e. The van der Waals surface area contributed by atoms with Gasteiger partial charge in [-0.2, -0.15) is 0 Å². The molecule has 1 aromatic carbocycles. The van der Waals surface area contributed by atoms with Gasteiger partial charge in [-0.1, -0.05) is 18.2 Å². The highest BCUT2D eigenvalue weighted by atomic mass is 32.2. The topological polar surface area (TPSA) is 122 Å². The van der Waals surface area contributed by atoms with Crippen LogP contribution in [0.5, 0.6) is 5.75 Å². The first-order valence-corrected chi connectivity index (χ1v) is 10.1. The van der Waals surface area contributed by atoms with E-state index in [9.17, 15) is 24.3 Å². The number of esters is 1. The number of hydrogen-bond donors (Lipinski definition) is 2. The zero-order chi connectivity index (χ0) is 22.1. The summed E-state index contributed by atoms with van der Waals surface area (Å²) in [5, 5.41) is 12.7. The Kier molecular flexibility index (Phi) is 6.06. The summed E-state index contributed by atoms with van der Waals surface area (Å²) in [7, 11) is 0. The number of rotatable bonds is 6. The predicted octanol–water partition coefficient (Wildman–Crippen LogP) is 1.14. The van der Waals surface area contributed by atoms with Crippen molar-refractivity contribution >= 4 is 35.5 Å². The first-order valence-electron chi connectivity index (χ1n) is 9.19. The van der Waals surface area contributed by atoms with Gasteiger partial charge in [0.1, 0.15) is 22.8 Å². The smallest absolute Gasteiger partial charge is 0.334 e. The van der Waals surface area contributed by atoms with Crippen molar-refractivity contribution < 1.29 is 33.8 Å². The number of carbonyl (C=O) groups excluding carboxylic acids is 3. The number of nitrogens with one attached hydrogen (secondary N) is 1. The van der Waals surface area contributed by atoms with E-state index in [0.29, 0.717) is 5.75 Å². The first-order chi connectivity index (χ1) is 14.1. The maximum absolute atomic E-state index is 12.7. The van der Waals surface area contributed by atoms with Gasteiger partial charge in [-0.3, -0.25) is 9.59 Å². The molecule has 2 amide bonds. The van der Waals surface area contributed by atoms with Gasteiger partial charge in [-0.15, -0.1) is 11.8 Å². The molecule has 2 heterocycles. The Morgan fingerprint density at radius 3 is 2.47 bits per heavy atom. The number of nitrogens with zero attached hydrogens (tertiary/aromatic N) is 1. The van der Waals surface area contributed by atoms with Crippen molar-refractivity contribution in [2.75, 3.05) is 6.61 Å². The van der Waals surface area contributed by atoms with E-state index in [1.54, 1.807) is 45.0 Å². The Hall–Kier alpha value is -3.01. The summed E-state index contributed by atoms with van der Waals surface area (Å²) in [5.41, 5.74) is -1.09. The summed E-state index contributed by atoms with van der Waals surface area (Å²) in [5.74, 6) is -2.68. The molecule has 2 aliphatic heterocycles. The van der Waals surface area contributed by atoms with E-state index in [2.05, 4.69) is 5.32 Å². The fourth-order valence-electron chi connectivity index (χ4n) is 3.04. The van der Waals surface area contributed by atoms with Crippen molar-refractivity contribution in [1.82, 2.24) is 10.2 Å². The number of aliphatic carboxylic acids is 1. The molecule has 0 bridgehead atoms. The Labute approximate surface area is 177 Å². The second-order valence-electron chi connectivity index (χ2n) is 7.73. The zero-order valence-electron chi connectivity index (χ0n) is 16.7. The normalized spacial score (nSPS) is 22.9. The lowest BCUT2D eigenvalue weighted by Crippen LogP contribution is -2.74. The molecule has 0 aliphatic carbocycles. The largest absolute Gasteiger partial charge is 0.484 e. The van der Waals surface area contributed by atoms with Crippen molar-refractivity contribution in [3.8, 4) is 5.75 Å². The number of para-hydroxylation sites is 1. The third kappa shape index (κ3) is 4.59. The maximum atomic E-state index is 12.7. The van der Waals surface area contributed by atoms with Gasteiger partial charge in [0.15, 0.2) is 12.6 Å². The molecule has 0 radical (unpaired) electrons. The molecule has 160 valence electrons. The highest BCUT2D eigenvalue weighted by molar-refractivity contribution is 8.03. The van der Waals surface area contributed by atoms with Crippen LogP contribution in [0.2, 0.25) is 0 Å². The van der Waals surface area contributed by atoms with E-state index in [0.717, 1.165) is 16.7 Å². The molecule has 3 rings (SSSR count). The Balaban J connectivity index is 1.68. The molecule has 10 heteroatoms. The van der Waals surface area contributed by atoms with Crippen LogP contribution in [0.15, 0.2) is 41.3 Å². The summed E-state index contributed by atoms with van der Waals surface area (Å²) in [6, 6.07) is 6.49. The SMILES string of the molecule is CC(C)(C)OC(=O)C1C(C(=O)O)=CS[C@H]2C(NC(=O)COc3ccccc3)C(=O)N12. The van der Waals surface area contributed by atoms with Crippen molar-refractivity contribution in [3.05, 3.63) is 41.3 Å². The van der Waals surface area contributed by atoms with Gasteiger partial charge in [0.05, 0.1) is 5.57 Å². The first kappa shape index (κ1) is 21.7. The fraction of sp³-hybridized carbons (Fsp3) is 0.400. The van der Waals surface area contributed by atoms with Crippen LogP contribution >= 0.6 is 11.8 Å². The molecule has 0 spiro atoms. The number of hydrogen-bond acceptors (Lipinski definition) is 7. The zero-order valence-corrected chi connectivity index (χ0v) is 17.5. The molecule has 1 fully saturated rings. The van der Waals surface area contributed by atoms with Crippen LogP contribution in [0.3, 0.4) is 0 Å². The molecule has 30 heavy (non-hydrogen) atoms. The number of carboxylic acids is 1. The standard InChI is InChI=1S/C20H22N2O7S/c1-20(2,3)29-19(27)15-12(18(25)26)10-30-17-14(16(24)22(15)17)21-13(23)9-28-11-7-5-4-6-8-11/h4-8,10,14-15,17H,9H2,1-3H3,(H,21,23)(H,25,26)/t14?,15?,17-/m0/s1. The average molecular weight is 434 g/mol. The summed E-state index contributed by atoms with van der Waals surface area (Å²) < 4.78 is 10.7. The minimum absolute atomic E-state index is 0.240. The van der Waals surface area contributed by atoms with Gasteiger partial charge in [0.25, 0.3) is 5.91 Å². The van der Waals surface area contributed by atoms with E-state index in [1.807, 2.05) is 6.07 Å². The lowest BCUT2D eigenvalue weighted by Gasteiger charge is -2.51. The Morgan fingerprint density at radius 1 is 1.20 bits per heavy atom. The molecule has 2 aliphatic rings. The van der Waals surface area contributed by atoms with Gasteiger partial charge in [-0.05, 0) is 38.3 Å². The monoisotopic (exact) mass is 434 g/mol. The van der Waals surface area contributed by atoms with Gasteiger partial charge in [0, 0.05) is 0 Å². The summed E-state index contributed by atoms with van der Waals surface area (Å²) >= 11 is 1.06. The lowest BCUT2D eigenvalue weighted by molar-refractivity contribution is -0.171. The summed E-state index contributed by atoms with van der Waals surface area (Å²) in [4.78, 5) is 50.2. The Morgan fingerprint density at radius 2 is 1.87 bits per heavy atom. The van der Waals surface area contributed by atoms with E-state index in [-0.39, 0.29) is 12.2 Å². The van der Waals surface area contributed by atoms with Crippen molar-refractivity contribution in [1.29, 1.82) is 0 Å². The summed E-state index contributed by atoms with van der Waals surface area (Å²) in [6.07, 6.45) is 0. The van der Waals surface area contributed by atoms with Crippen LogP contribution in [-0.2, 0) is 23.9 Å². The molecule has 2 N–H and O–H groups in total. The minimum atomic E-state index is -1.37. The number of carboxylic acid groups (broad SMARTS) is 1. The number of amides is 2. The Bertz CT molecular complexity index is 894. The molecule has 0 aromatic heterocycles. The number of ether oxygens (including phenoxy) is 2. The van der Waals surface area contributed by atoms with Crippen molar-refractivity contribution in [2.45, 2.75) is 43.8 Å². The van der Waals surface area contributed by atoms with E-state index >= 15 is 0 Å². The van der Waals surface area contributed by atoms with Crippen LogP contribution in [0.1, 0.15) is 20.8 Å². The molecular weight excluding hydrogens is 412 g/mol. The molecular formula is C20H22N2O7S. The van der Waals surface area contributed by atoms with Gasteiger partial charge >= 0.3 is 11.9 Å². The number of fused-ring (bicyclic) bond motifs is 1. The number of thioether (sulfide) groups is 1. The van der Waals surface area contributed by atoms with Gasteiger partial charge < -0.3 is 24.8 Å². The number of benzene rings is 1. The van der Waals surface area contributed by atoms with Gasteiger partial charge in [0.2, 0.25) is 5.91 Å². The molecule has 0 saturated carbocycles. The molecule has 1 saturated heterocycles. The van der Waals surface area contributed by atoms with E-state index < -0.39 is 46.8 Å². The number of carbonyl (C=O) groups is 4.